The molecule has 7 aromatic rings. The van der Waals surface area contributed by atoms with E-state index in [1.807, 2.05) is 22.7 Å². The normalized spacial score (nSPS) is 11.8. The number of hydrogen-bond acceptors (Lipinski definition) is 2. The first-order chi connectivity index (χ1) is 15.9. The highest BCUT2D eigenvalue weighted by Gasteiger charge is 2.12. The topological polar surface area (TPSA) is 0 Å². The number of thiophene rings is 2. The van der Waals surface area contributed by atoms with E-state index >= 15 is 0 Å². The standard InChI is InChI=1S/C30H18S2/c1-3-13-27-23(7-1)25-11-5-9-21(29(25)31-27)19-15-17-20(18-16-19)22-10-6-12-26-24-8-2-4-14-28(24)32-30(22)26/h1-18H. The summed E-state index contributed by atoms with van der Waals surface area (Å²) < 4.78 is 5.44. The average molecular weight is 443 g/mol. The summed E-state index contributed by atoms with van der Waals surface area (Å²) in [7, 11) is 0. The maximum Gasteiger partial charge on any atom is 0.0433 e. The van der Waals surface area contributed by atoms with Gasteiger partial charge in [0.05, 0.1) is 0 Å². The predicted octanol–water partition coefficient (Wildman–Crippen LogP) is 9.76. The second-order valence-electron chi connectivity index (χ2n) is 8.14. The summed E-state index contributed by atoms with van der Waals surface area (Å²) in [4.78, 5) is 0. The summed E-state index contributed by atoms with van der Waals surface area (Å²) >= 11 is 3.78. The molecule has 0 saturated heterocycles. The van der Waals surface area contributed by atoms with Crippen LogP contribution in [0.15, 0.2) is 109 Å². The van der Waals surface area contributed by atoms with Crippen molar-refractivity contribution in [3.05, 3.63) is 109 Å². The van der Waals surface area contributed by atoms with Crippen molar-refractivity contribution in [2.24, 2.45) is 0 Å². The molecule has 0 amide bonds. The first-order valence-electron chi connectivity index (χ1n) is 10.8. The average Bonchev–Trinajstić information content (AvgIpc) is 3.42. The molecule has 0 nitrogen and oxygen atoms in total. The molecular weight excluding hydrogens is 424 g/mol. The van der Waals surface area contributed by atoms with Crippen molar-refractivity contribution in [1.82, 2.24) is 0 Å². The Morgan fingerprint density at radius 1 is 0.344 bits per heavy atom. The van der Waals surface area contributed by atoms with Crippen LogP contribution in [0.5, 0.6) is 0 Å². The minimum absolute atomic E-state index is 1.27. The minimum atomic E-state index is 1.27. The van der Waals surface area contributed by atoms with Crippen LogP contribution < -0.4 is 0 Å². The van der Waals surface area contributed by atoms with Crippen LogP contribution in [-0.4, -0.2) is 0 Å². The summed E-state index contributed by atoms with van der Waals surface area (Å²) in [6, 6.07) is 39.9. The highest BCUT2D eigenvalue weighted by atomic mass is 32.1. The smallest absolute Gasteiger partial charge is 0.0433 e. The molecule has 0 spiro atoms. The van der Waals surface area contributed by atoms with Gasteiger partial charge in [0.15, 0.2) is 0 Å². The van der Waals surface area contributed by atoms with Gasteiger partial charge in [-0.15, -0.1) is 22.7 Å². The maximum atomic E-state index is 2.28. The molecule has 5 aromatic carbocycles. The monoisotopic (exact) mass is 442 g/mol. The van der Waals surface area contributed by atoms with Crippen LogP contribution in [0.25, 0.3) is 62.6 Å². The molecule has 2 heterocycles. The van der Waals surface area contributed by atoms with Crippen molar-refractivity contribution in [3.63, 3.8) is 0 Å². The van der Waals surface area contributed by atoms with E-state index in [9.17, 15) is 0 Å². The SMILES string of the molecule is c1ccc2c(c1)sc1c(-c3ccc(-c4cccc5c4sc4ccccc45)cc3)cccc12. The predicted molar refractivity (Wildman–Crippen MR) is 143 cm³/mol. The Balaban J connectivity index is 1.38. The lowest BCUT2D eigenvalue weighted by Gasteiger charge is -2.07. The number of benzene rings is 5. The third-order valence-electron chi connectivity index (χ3n) is 6.32. The van der Waals surface area contributed by atoms with Crippen molar-refractivity contribution < 1.29 is 0 Å². The molecule has 0 aliphatic rings. The summed E-state index contributed by atoms with van der Waals surface area (Å²) in [6.07, 6.45) is 0. The first kappa shape index (κ1) is 18.1. The Labute approximate surface area is 194 Å². The van der Waals surface area contributed by atoms with Crippen molar-refractivity contribution >= 4 is 63.0 Å². The molecule has 32 heavy (non-hydrogen) atoms. The highest BCUT2D eigenvalue weighted by Crippen LogP contribution is 2.42. The largest absolute Gasteiger partial charge is 0.135 e. The van der Waals surface area contributed by atoms with Gasteiger partial charge in [-0.3, -0.25) is 0 Å². The van der Waals surface area contributed by atoms with Crippen molar-refractivity contribution in [2.45, 2.75) is 0 Å². The van der Waals surface area contributed by atoms with Crippen LogP contribution in [0.1, 0.15) is 0 Å². The fourth-order valence-electron chi connectivity index (χ4n) is 4.78. The molecule has 0 unspecified atom stereocenters. The van der Waals surface area contributed by atoms with Crippen molar-refractivity contribution in [1.29, 1.82) is 0 Å². The van der Waals surface area contributed by atoms with Gasteiger partial charge >= 0.3 is 0 Å². The number of hydrogen-bond donors (Lipinski definition) is 0. The molecule has 0 bridgehead atoms. The van der Waals surface area contributed by atoms with Crippen molar-refractivity contribution in [3.8, 4) is 22.3 Å². The Kier molecular flexibility index (Phi) is 3.98. The summed E-state index contributed by atoms with van der Waals surface area (Å²) in [5.41, 5.74) is 5.18. The van der Waals surface area contributed by atoms with Crippen LogP contribution in [-0.2, 0) is 0 Å². The number of rotatable bonds is 2. The fraction of sp³-hybridized carbons (Fsp3) is 0. The molecule has 0 atom stereocenters. The molecule has 0 fully saturated rings. The van der Waals surface area contributed by atoms with Gasteiger partial charge in [0.25, 0.3) is 0 Å². The fourth-order valence-corrected chi connectivity index (χ4v) is 7.25. The molecular formula is C30H18S2. The van der Waals surface area contributed by atoms with Crippen LogP contribution in [0.4, 0.5) is 0 Å². The van der Waals surface area contributed by atoms with E-state index in [-0.39, 0.29) is 0 Å². The number of fused-ring (bicyclic) bond motifs is 6. The van der Waals surface area contributed by atoms with E-state index in [4.69, 9.17) is 0 Å². The molecule has 0 saturated carbocycles. The molecule has 0 N–H and O–H groups in total. The van der Waals surface area contributed by atoms with E-state index in [0.717, 1.165) is 0 Å². The zero-order valence-corrected chi connectivity index (χ0v) is 18.8. The van der Waals surface area contributed by atoms with Gasteiger partial charge in [-0.05, 0) is 34.4 Å². The second kappa shape index (κ2) is 7.03. The zero-order chi connectivity index (χ0) is 21.1. The van der Waals surface area contributed by atoms with E-state index in [2.05, 4.69) is 109 Å². The van der Waals surface area contributed by atoms with E-state index in [1.165, 1.54) is 62.6 Å². The molecule has 2 aromatic heterocycles. The lowest BCUT2D eigenvalue weighted by molar-refractivity contribution is 1.65. The molecule has 2 heteroatoms. The van der Waals surface area contributed by atoms with Gasteiger partial charge < -0.3 is 0 Å². The zero-order valence-electron chi connectivity index (χ0n) is 17.2. The third-order valence-corrected chi connectivity index (χ3v) is 8.76. The van der Waals surface area contributed by atoms with Gasteiger partial charge in [-0.1, -0.05) is 97.1 Å². The van der Waals surface area contributed by atoms with Crippen LogP contribution >= 0.6 is 22.7 Å². The van der Waals surface area contributed by atoms with Gasteiger partial charge in [0, 0.05) is 40.3 Å². The summed E-state index contributed by atoms with van der Waals surface area (Å²) in [5.74, 6) is 0. The molecule has 7 rings (SSSR count). The summed E-state index contributed by atoms with van der Waals surface area (Å²) in [6.45, 7) is 0. The minimum Gasteiger partial charge on any atom is -0.135 e. The second-order valence-corrected chi connectivity index (χ2v) is 10.2. The Bertz CT molecular complexity index is 1630. The van der Waals surface area contributed by atoms with Gasteiger partial charge in [-0.25, -0.2) is 0 Å². The quantitative estimate of drug-likeness (QED) is 0.250. The molecule has 0 radical (unpaired) electrons. The first-order valence-corrected chi connectivity index (χ1v) is 12.4. The Morgan fingerprint density at radius 3 is 1.22 bits per heavy atom. The lowest BCUT2D eigenvalue weighted by Crippen LogP contribution is -1.81. The summed E-state index contributed by atoms with van der Waals surface area (Å²) in [5, 5.41) is 5.40. The van der Waals surface area contributed by atoms with Crippen LogP contribution in [0, 0.1) is 0 Å². The highest BCUT2D eigenvalue weighted by molar-refractivity contribution is 7.26. The van der Waals surface area contributed by atoms with E-state index < -0.39 is 0 Å². The Hall–Kier alpha value is -3.46. The van der Waals surface area contributed by atoms with Gasteiger partial charge in [-0.2, -0.15) is 0 Å². The van der Waals surface area contributed by atoms with E-state index in [1.54, 1.807) is 0 Å². The molecule has 0 aliphatic carbocycles. The lowest BCUT2D eigenvalue weighted by atomic mass is 9.98. The maximum absolute atomic E-state index is 2.28. The van der Waals surface area contributed by atoms with Crippen LogP contribution in [0.3, 0.4) is 0 Å². The van der Waals surface area contributed by atoms with Gasteiger partial charge in [0.1, 0.15) is 0 Å². The van der Waals surface area contributed by atoms with E-state index in [0.29, 0.717) is 0 Å². The van der Waals surface area contributed by atoms with Crippen LogP contribution in [0.2, 0.25) is 0 Å². The Morgan fingerprint density at radius 2 is 0.750 bits per heavy atom. The molecule has 0 aliphatic heterocycles. The molecule has 150 valence electrons. The van der Waals surface area contributed by atoms with Crippen molar-refractivity contribution in [2.75, 3.05) is 0 Å². The third kappa shape index (κ3) is 2.67. The van der Waals surface area contributed by atoms with Gasteiger partial charge in [0.2, 0.25) is 0 Å².